The van der Waals surface area contributed by atoms with Gasteiger partial charge in [0.2, 0.25) is 0 Å². The van der Waals surface area contributed by atoms with E-state index in [4.69, 9.17) is 4.99 Å². The van der Waals surface area contributed by atoms with Crippen LogP contribution in [0, 0.1) is 5.92 Å². The van der Waals surface area contributed by atoms with Crippen molar-refractivity contribution in [3.63, 3.8) is 0 Å². The van der Waals surface area contributed by atoms with Crippen molar-refractivity contribution >= 4 is 35.6 Å². The summed E-state index contributed by atoms with van der Waals surface area (Å²) in [5.41, 5.74) is 2.74. The number of fused-ring (bicyclic) bond motifs is 1. The van der Waals surface area contributed by atoms with E-state index in [0.29, 0.717) is 5.92 Å². The molecule has 0 atom stereocenters. The Kier molecular flexibility index (Phi) is 7.34. The second-order valence-electron chi connectivity index (χ2n) is 5.45. The van der Waals surface area contributed by atoms with Gasteiger partial charge in [0.15, 0.2) is 5.96 Å². The van der Waals surface area contributed by atoms with Gasteiger partial charge in [-0.05, 0) is 37.3 Å². The zero-order valence-corrected chi connectivity index (χ0v) is 15.1. The van der Waals surface area contributed by atoms with Crippen molar-refractivity contribution in [3.8, 4) is 0 Å². The van der Waals surface area contributed by atoms with Crippen LogP contribution in [0.3, 0.4) is 0 Å². The van der Waals surface area contributed by atoms with E-state index in [1.165, 1.54) is 11.3 Å². The van der Waals surface area contributed by atoms with Crippen LogP contribution < -0.4 is 10.2 Å². The maximum Gasteiger partial charge on any atom is 0.198 e. The molecule has 0 amide bonds. The maximum atomic E-state index is 4.77. The minimum absolute atomic E-state index is 0. The first kappa shape index (κ1) is 17.3. The van der Waals surface area contributed by atoms with Gasteiger partial charge in [0.25, 0.3) is 0 Å². The van der Waals surface area contributed by atoms with E-state index < -0.39 is 0 Å². The lowest BCUT2D eigenvalue weighted by Crippen LogP contribution is -2.40. The Morgan fingerprint density at radius 1 is 1.35 bits per heavy atom. The molecule has 0 unspecified atom stereocenters. The van der Waals surface area contributed by atoms with Gasteiger partial charge in [-0.25, -0.2) is 0 Å². The van der Waals surface area contributed by atoms with Crippen molar-refractivity contribution in [2.24, 2.45) is 10.9 Å². The summed E-state index contributed by atoms with van der Waals surface area (Å²) in [4.78, 5) is 7.08. The third-order valence-electron chi connectivity index (χ3n) is 3.45. The zero-order chi connectivity index (χ0) is 13.7. The van der Waals surface area contributed by atoms with E-state index >= 15 is 0 Å². The van der Waals surface area contributed by atoms with Crippen LogP contribution >= 0.6 is 24.0 Å². The Morgan fingerprint density at radius 2 is 2.10 bits per heavy atom. The molecule has 112 valence electrons. The predicted octanol–water partition coefficient (Wildman–Crippen LogP) is 3.68. The standard InChI is InChI=1S/C16H25N3.HI/c1-4-17-16(18-11-9-13(2)3)19-12-10-14-7-5-6-8-15(14)19;/h5-8,13H,4,9-12H2,1-3H3,(H,17,18);1H. The van der Waals surface area contributed by atoms with Crippen molar-refractivity contribution in [2.75, 3.05) is 24.5 Å². The van der Waals surface area contributed by atoms with Gasteiger partial charge < -0.3 is 10.2 Å². The molecular formula is C16H26IN3. The summed E-state index contributed by atoms with van der Waals surface area (Å²) in [6, 6.07) is 8.63. The minimum Gasteiger partial charge on any atom is -0.356 e. The van der Waals surface area contributed by atoms with Crippen molar-refractivity contribution in [1.29, 1.82) is 0 Å². The number of benzene rings is 1. The highest BCUT2D eigenvalue weighted by atomic mass is 127. The largest absolute Gasteiger partial charge is 0.356 e. The highest BCUT2D eigenvalue weighted by Crippen LogP contribution is 2.27. The summed E-state index contributed by atoms with van der Waals surface area (Å²) in [7, 11) is 0. The molecule has 0 bridgehead atoms. The van der Waals surface area contributed by atoms with Crippen LogP contribution in [-0.4, -0.2) is 25.6 Å². The van der Waals surface area contributed by atoms with E-state index in [1.807, 2.05) is 0 Å². The Bertz CT molecular complexity index is 443. The zero-order valence-electron chi connectivity index (χ0n) is 12.7. The molecule has 20 heavy (non-hydrogen) atoms. The van der Waals surface area contributed by atoms with Gasteiger partial charge in [-0.15, -0.1) is 24.0 Å². The Morgan fingerprint density at radius 3 is 2.80 bits per heavy atom. The molecule has 0 aliphatic carbocycles. The minimum atomic E-state index is 0. The van der Waals surface area contributed by atoms with E-state index in [9.17, 15) is 0 Å². The number of rotatable bonds is 4. The lowest BCUT2D eigenvalue weighted by Gasteiger charge is -2.22. The molecule has 3 nitrogen and oxygen atoms in total. The first-order valence-corrected chi connectivity index (χ1v) is 7.36. The first-order valence-electron chi connectivity index (χ1n) is 7.36. The number of para-hydroxylation sites is 1. The van der Waals surface area contributed by atoms with Crippen molar-refractivity contribution in [2.45, 2.75) is 33.6 Å². The Labute approximate surface area is 139 Å². The molecule has 1 aliphatic heterocycles. The third-order valence-corrected chi connectivity index (χ3v) is 3.45. The Hall–Kier alpha value is -0.780. The second kappa shape index (κ2) is 8.49. The van der Waals surface area contributed by atoms with Gasteiger partial charge in [-0.2, -0.15) is 0 Å². The summed E-state index contributed by atoms with van der Waals surface area (Å²) in [6.07, 6.45) is 2.26. The highest BCUT2D eigenvalue weighted by Gasteiger charge is 2.22. The topological polar surface area (TPSA) is 27.6 Å². The molecule has 0 radical (unpaired) electrons. The van der Waals surface area contributed by atoms with Crippen LogP contribution in [-0.2, 0) is 6.42 Å². The number of hydrogen-bond donors (Lipinski definition) is 1. The van der Waals surface area contributed by atoms with E-state index in [2.05, 4.69) is 55.3 Å². The monoisotopic (exact) mass is 387 g/mol. The number of nitrogens with zero attached hydrogens (tertiary/aromatic N) is 2. The van der Waals surface area contributed by atoms with Gasteiger partial charge >= 0.3 is 0 Å². The molecule has 2 rings (SSSR count). The molecule has 1 N–H and O–H groups in total. The van der Waals surface area contributed by atoms with Crippen LogP contribution in [0.2, 0.25) is 0 Å². The van der Waals surface area contributed by atoms with Gasteiger partial charge in [-0.1, -0.05) is 32.0 Å². The van der Waals surface area contributed by atoms with Crippen LogP contribution in [0.25, 0.3) is 0 Å². The molecule has 1 aromatic rings. The van der Waals surface area contributed by atoms with Gasteiger partial charge in [-0.3, -0.25) is 4.99 Å². The van der Waals surface area contributed by atoms with E-state index in [-0.39, 0.29) is 24.0 Å². The van der Waals surface area contributed by atoms with Gasteiger partial charge in [0, 0.05) is 25.3 Å². The summed E-state index contributed by atoms with van der Waals surface area (Å²) in [6.45, 7) is 9.46. The molecule has 1 aliphatic rings. The van der Waals surface area contributed by atoms with Crippen LogP contribution in [0.15, 0.2) is 29.3 Å². The SMILES string of the molecule is CCNC(=NCCC(C)C)N1CCc2ccccc21.I. The van der Waals surface area contributed by atoms with E-state index in [1.54, 1.807) is 0 Å². The Balaban J connectivity index is 0.00000200. The molecule has 1 aromatic carbocycles. The van der Waals surface area contributed by atoms with Gasteiger partial charge in [0.05, 0.1) is 0 Å². The summed E-state index contributed by atoms with van der Waals surface area (Å²) >= 11 is 0. The number of nitrogens with one attached hydrogen (secondary N) is 1. The highest BCUT2D eigenvalue weighted by molar-refractivity contribution is 14.0. The average molecular weight is 387 g/mol. The molecule has 0 spiro atoms. The van der Waals surface area contributed by atoms with Crippen molar-refractivity contribution in [3.05, 3.63) is 29.8 Å². The fraction of sp³-hybridized carbons (Fsp3) is 0.562. The summed E-state index contributed by atoms with van der Waals surface area (Å²) < 4.78 is 0. The summed E-state index contributed by atoms with van der Waals surface area (Å²) in [5.74, 6) is 1.74. The van der Waals surface area contributed by atoms with Crippen molar-refractivity contribution in [1.82, 2.24) is 5.32 Å². The predicted molar refractivity (Wildman–Crippen MR) is 98.3 cm³/mol. The smallest absolute Gasteiger partial charge is 0.198 e. The average Bonchev–Trinajstić information content (AvgIpc) is 2.81. The normalized spacial score (nSPS) is 14.2. The second-order valence-corrected chi connectivity index (χ2v) is 5.45. The molecule has 0 aromatic heterocycles. The maximum absolute atomic E-state index is 4.77. The molecule has 0 fully saturated rings. The van der Waals surface area contributed by atoms with Crippen LogP contribution in [0.4, 0.5) is 5.69 Å². The number of anilines is 1. The third kappa shape index (κ3) is 4.36. The van der Waals surface area contributed by atoms with Crippen molar-refractivity contribution < 1.29 is 0 Å². The summed E-state index contributed by atoms with van der Waals surface area (Å²) in [5, 5.41) is 3.42. The lowest BCUT2D eigenvalue weighted by molar-refractivity contribution is 0.595. The van der Waals surface area contributed by atoms with Crippen LogP contribution in [0.1, 0.15) is 32.8 Å². The fourth-order valence-electron chi connectivity index (χ4n) is 2.38. The molecule has 1 heterocycles. The fourth-order valence-corrected chi connectivity index (χ4v) is 2.38. The molecule has 4 heteroatoms. The molecular weight excluding hydrogens is 361 g/mol. The van der Waals surface area contributed by atoms with E-state index in [0.717, 1.165) is 38.4 Å². The number of aliphatic imine (C=N–C) groups is 1. The van der Waals surface area contributed by atoms with Crippen LogP contribution in [0.5, 0.6) is 0 Å². The number of halogens is 1. The van der Waals surface area contributed by atoms with Gasteiger partial charge in [0.1, 0.15) is 0 Å². The molecule has 0 saturated heterocycles. The quantitative estimate of drug-likeness (QED) is 0.485. The lowest BCUT2D eigenvalue weighted by atomic mass is 10.1. The molecule has 0 saturated carbocycles. The first-order chi connectivity index (χ1) is 9.22. The number of guanidine groups is 1. The number of hydrogen-bond acceptors (Lipinski definition) is 1.